The summed E-state index contributed by atoms with van der Waals surface area (Å²) in [6.45, 7) is 15.1. The third-order valence-corrected chi connectivity index (χ3v) is 14.2. The first kappa shape index (κ1) is 30.1. The lowest BCUT2D eigenvalue weighted by Gasteiger charge is -2.36. The van der Waals surface area contributed by atoms with Crippen molar-refractivity contribution in [2.45, 2.75) is 58.2 Å². The molecule has 0 aliphatic carbocycles. The standard InChI is InChI=1S/C36H41NO3SSi/c1-7-26-11-13-28(14-12-26)35-33(31-20-19-30(25-32(31)41-35)40-42(5,6)36(2,3)4)34(38)27-15-17-29(18-16-27)39-24-23-37-21-9-8-10-22-37/h1,11-20,25H,8-10,21-24H2,2-6H3. The highest BCUT2D eigenvalue weighted by atomic mass is 32.1. The molecule has 4 nitrogen and oxygen atoms in total. The van der Waals surface area contributed by atoms with E-state index in [4.69, 9.17) is 15.6 Å². The number of fused-ring (bicyclic) bond motifs is 1. The normalized spacial score (nSPS) is 14.5. The average Bonchev–Trinajstić information content (AvgIpc) is 3.35. The lowest BCUT2D eigenvalue weighted by Crippen LogP contribution is -2.43. The Kier molecular flexibility index (Phi) is 8.93. The van der Waals surface area contributed by atoms with Crippen molar-refractivity contribution in [3.63, 3.8) is 0 Å². The average molecular weight is 596 g/mol. The topological polar surface area (TPSA) is 38.8 Å². The zero-order chi connectivity index (χ0) is 29.9. The molecule has 1 aliphatic heterocycles. The number of benzene rings is 3. The summed E-state index contributed by atoms with van der Waals surface area (Å²) < 4.78 is 13.7. The Bertz CT molecular complexity index is 1580. The number of ether oxygens (including phenoxy) is 1. The molecule has 3 aromatic carbocycles. The van der Waals surface area contributed by atoms with Crippen molar-refractivity contribution in [1.82, 2.24) is 4.90 Å². The zero-order valence-electron chi connectivity index (χ0n) is 25.5. The second-order valence-corrected chi connectivity index (χ2v) is 18.4. The van der Waals surface area contributed by atoms with Crippen molar-refractivity contribution >= 4 is 35.5 Å². The highest BCUT2D eigenvalue weighted by molar-refractivity contribution is 7.22. The van der Waals surface area contributed by atoms with E-state index in [2.05, 4.69) is 50.8 Å². The van der Waals surface area contributed by atoms with Crippen LogP contribution < -0.4 is 9.16 Å². The van der Waals surface area contributed by atoms with Crippen molar-refractivity contribution in [3.05, 3.63) is 83.4 Å². The van der Waals surface area contributed by atoms with Crippen LogP contribution in [0.4, 0.5) is 0 Å². The number of likely N-dealkylation sites (tertiary alicyclic amines) is 1. The third-order valence-electron chi connectivity index (χ3n) is 8.62. The molecule has 1 fully saturated rings. The van der Waals surface area contributed by atoms with Crippen LogP contribution in [0.15, 0.2) is 66.7 Å². The molecular weight excluding hydrogens is 555 g/mol. The molecule has 0 atom stereocenters. The molecule has 1 saturated heterocycles. The van der Waals surface area contributed by atoms with Gasteiger partial charge in [-0.05, 0) is 104 Å². The van der Waals surface area contributed by atoms with Crippen LogP contribution in [0.25, 0.3) is 20.5 Å². The molecule has 0 amide bonds. The number of thiophene rings is 1. The fourth-order valence-electron chi connectivity index (χ4n) is 5.06. The van der Waals surface area contributed by atoms with Gasteiger partial charge in [-0.2, -0.15) is 0 Å². The Balaban J connectivity index is 1.44. The number of piperidine rings is 1. The molecule has 0 radical (unpaired) electrons. The molecule has 0 N–H and O–H groups in total. The van der Waals surface area contributed by atoms with Gasteiger partial charge in [0.1, 0.15) is 18.1 Å². The van der Waals surface area contributed by atoms with Gasteiger partial charge in [-0.15, -0.1) is 17.8 Å². The molecule has 0 spiro atoms. The number of ketones is 1. The van der Waals surface area contributed by atoms with Gasteiger partial charge in [-0.1, -0.05) is 45.2 Å². The van der Waals surface area contributed by atoms with E-state index < -0.39 is 8.32 Å². The van der Waals surface area contributed by atoms with Crippen molar-refractivity contribution in [2.24, 2.45) is 0 Å². The molecule has 0 bridgehead atoms. The quantitative estimate of drug-likeness (QED) is 0.110. The minimum atomic E-state index is -2.01. The lowest BCUT2D eigenvalue weighted by atomic mass is 9.97. The van der Waals surface area contributed by atoms with E-state index in [1.807, 2.05) is 60.7 Å². The summed E-state index contributed by atoms with van der Waals surface area (Å²) in [7, 11) is -2.01. The van der Waals surface area contributed by atoms with Gasteiger partial charge in [0.2, 0.25) is 8.32 Å². The molecule has 42 heavy (non-hydrogen) atoms. The van der Waals surface area contributed by atoms with Crippen LogP contribution in [0.5, 0.6) is 11.5 Å². The lowest BCUT2D eigenvalue weighted by molar-refractivity contribution is 0.104. The number of rotatable bonds is 9. The summed E-state index contributed by atoms with van der Waals surface area (Å²) >= 11 is 1.62. The molecule has 5 rings (SSSR count). The summed E-state index contributed by atoms with van der Waals surface area (Å²) in [6.07, 6.45) is 9.48. The van der Waals surface area contributed by atoms with E-state index in [1.165, 1.54) is 19.3 Å². The highest BCUT2D eigenvalue weighted by Crippen LogP contribution is 2.43. The minimum Gasteiger partial charge on any atom is -0.543 e. The van der Waals surface area contributed by atoms with Gasteiger partial charge in [-0.25, -0.2) is 0 Å². The van der Waals surface area contributed by atoms with E-state index in [0.717, 1.165) is 57.2 Å². The SMILES string of the molecule is C#Cc1ccc(-c2sc3cc(O[Si](C)(C)C(C)(C)C)ccc3c2C(=O)c2ccc(OCCN3CCCCC3)cc2)cc1. The number of carbonyl (C=O) groups is 1. The minimum absolute atomic E-state index is 0.00444. The van der Waals surface area contributed by atoms with E-state index in [-0.39, 0.29) is 10.8 Å². The van der Waals surface area contributed by atoms with Crippen LogP contribution in [0, 0.1) is 12.3 Å². The summed E-state index contributed by atoms with van der Waals surface area (Å²) in [5.41, 5.74) is 3.14. The Labute approximate surface area is 255 Å². The largest absolute Gasteiger partial charge is 0.543 e. The van der Waals surface area contributed by atoms with Gasteiger partial charge in [0.15, 0.2) is 5.78 Å². The molecule has 0 saturated carbocycles. The van der Waals surface area contributed by atoms with Gasteiger partial charge in [0, 0.05) is 38.2 Å². The molecule has 1 aromatic heterocycles. The molecule has 218 valence electrons. The number of carbonyl (C=O) groups excluding carboxylic acids is 1. The van der Waals surface area contributed by atoms with Crippen molar-refractivity contribution in [3.8, 4) is 34.3 Å². The number of hydrogen-bond donors (Lipinski definition) is 0. The van der Waals surface area contributed by atoms with E-state index in [9.17, 15) is 4.79 Å². The maximum Gasteiger partial charge on any atom is 0.250 e. The van der Waals surface area contributed by atoms with Gasteiger partial charge < -0.3 is 9.16 Å². The molecule has 2 heterocycles. The molecule has 1 aliphatic rings. The Morgan fingerprint density at radius 2 is 1.62 bits per heavy atom. The maximum atomic E-state index is 14.1. The van der Waals surface area contributed by atoms with Crippen LogP contribution in [0.2, 0.25) is 18.1 Å². The predicted molar refractivity (Wildman–Crippen MR) is 179 cm³/mol. The summed E-state index contributed by atoms with van der Waals surface area (Å²) in [6, 6.07) is 21.6. The van der Waals surface area contributed by atoms with Gasteiger partial charge >= 0.3 is 0 Å². The van der Waals surface area contributed by atoms with Crippen LogP contribution >= 0.6 is 11.3 Å². The number of terminal acetylenes is 1. The van der Waals surface area contributed by atoms with Crippen LogP contribution in [0.1, 0.15) is 61.5 Å². The van der Waals surface area contributed by atoms with E-state index in [1.54, 1.807) is 11.3 Å². The van der Waals surface area contributed by atoms with Gasteiger partial charge in [0.05, 0.1) is 0 Å². The molecular formula is C36H41NO3SSi. The van der Waals surface area contributed by atoms with Crippen molar-refractivity contribution < 1.29 is 14.0 Å². The van der Waals surface area contributed by atoms with Crippen LogP contribution in [0.3, 0.4) is 0 Å². The van der Waals surface area contributed by atoms with Crippen molar-refractivity contribution in [1.29, 1.82) is 0 Å². The first-order valence-electron chi connectivity index (χ1n) is 14.9. The number of nitrogens with zero attached hydrogens (tertiary/aromatic N) is 1. The fraction of sp³-hybridized carbons (Fsp3) is 0.361. The van der Waals surface area contributed by atoms with E-state index in [0.29, 0.717) is 17.7 Å². The molecule has 0 unspecified atom stereocenters. The maximum absolute atomic E-state index is 14.1. The smallest absolute Gasteiger partial charge is 0.250 e. The van der Waals surface area contributed by atoms with Crippen molar-refractivity contribution in [2.75, 3.05) is 26.2 Å². The van der Waals surface area contributed by atoms with Gasteiger partial charge in [0.25, 0.3) is 0 Å². The highest BCUT2D eigenvalue weighted by Gasteiger charge is 2.39. The second-order valence-electron chi connectivity index (χ2n) is 12.7. The summed E-state index contributed by atoms with van der Waals surface area (Å²) in [5.74, 6) is 4.32. The molecule has 6 heteroatoms. The Morgan fingerprint density at radius 1 is 0.952 bits per heavy atom. The fourth-order valence-corrected chi connectivity index (χ4v) is 7.31. The summed E-state index contributed by atoms with van der Waals surface area (Å²) in [4.78, 5) is 17.5. The molecule has 4 aromatic rings. The zero-order valence-corrected chi connectivity index (χ0v) is 27.3. The Morgan fingerprint density at radius 3 is 2.26 bits per heavy atom. The van der Waals surface area contributed by atoms with Crippen LogP contribution in [-0.4, -0.2) is 45.2 Å². The predicted octanol–water partition coefficient (Wildman–Crippen LogP) is 9.03. The monoisotopic (exact) mass is 595 g/mol. The van der Waals surface area contributed by atoms with E-state index >= 15 is 0 Å². The first-order valence-corrected chi connectivity index (χ1v) is 18.6. The van der Waals surface area contributed by atoms with Crippen LogP contribution in [-0.2, 0) is 0 Å². The first-order chi connectivity index (χ1) is 20.1. The summed E-state index contributed by atoms with van der Waals surface area (Å²) in [5, 5.41) is 1.02. The Hall–Kier alpha value is -3.37. The second kappa shape index (κ2) is 12.5. The van der Waals surface area contributed by atoms with Gasteiger partial charge in [-0.3, -0.25) is 9.69 Å². The number of hydrogen-bond acceptors (Lipinski definition) is 5. The third kappa shape index (κ3) is 6.65.